The maximum absolute atomic E-state index is 5.57. The fourth-order valence-corrected chi connectivity index (χ4v) is 6.07. The Balaban J connectivity index is 1.30. The minimum atomic E-state index is 0.272. The molecule has 3 aliphatic rings. The molecule has 160 valence electrons. The van der Waals surface area contributed by atoms with Gasteiger partial charge in [-0.05, 0) is 50.3 Å². The van der Waals surface area contributed by atoms with E-state index in [0.717, 1.165) is 45.1 Å². The van der Waals surface area contributed by atoms with Crippen molar-refractivity contribution in [2.45, 2.75) is 67.9 Å². The smallest absolute Gasteiger partial charge is 0.191 e. The Labute approximate surface area is 180 Å². The quantitative estimate of drug-likeness (QED) is 0.551. The zero-order valence-corrected chi connectivity index (χ0v) is 18.7. The molecule has 3 aliphatic heterocycles. The highest BCUT2D eigenvalue weighted by Crippen LogP contribution is 2.37. The SMILES string of the molecule is CN=C(NCC1(SC)CCOCC1)NC1CC2CCC(C1)N2Cc1ccccc1. The van der Waals surface area contributed by atoms with Gasteiger partial charge in [-0.1, -0.05) is 30.3 Å². The number of piperidine rings is 1. The molecule has 0 spiro atoms. The van der Waals surface area contributed by atoms with Gasteiger partial charge >= 0.3 is 0 Å². The summed E-state index contributed by atoms with van der Waals surface area (Å²) < 4.78 is 5.84. The Kier molecular flexibility index (Phi) is 7.04. The highest BCUT2D eigenvalue weighted by atomic mass is 32.2. The first-order valence-corrected chi connectivity index (χ1v) is 12.3. The van der Waals surface area contributed by atoms with E-state index in [1.807, 2.05) is 18.8 Å². The van der Waals surface area contributed by atoms with Crippen LogP contribution in [-0.2, 0) is 11.3 Å². The third-order valence-corrected chi connectivity index (χ3v) is 8.49. The molecule has 0 amide bonds. The van der Waals surface area contributed by atoms with Crippen LogP contribution in [0.3, 0.4) is 0 Å². The summed E-state index contributed by atoms with van der Waals surface area (Å²) in [4.78, 5) is 7.27. The van der Waals surface area contributed by atoms with Crippen molar-refractivity contribution >= 4 is 17.7 Å². The fourth-order valence-electron chi connectivity index (χ4n) is 5.27. The summed E-state index contributed by atoms with van der Waals surface area (Å²) in [5.74, 6) is 0.964. The third-order valence-electron chi connectivity index (χ3n) is 7.07. The van der Waals surface area contributed by atoms with Gasteiger partial charge in [0.2, 0.25) is 0 Å². The summed E-state index contributed by atoms with van der Waals surface area (Å²) in [6.07, 6.45) is 9.54. The lowest BCUT2D eigenvalue weighted by Gasteiger charge is -2.40. The Morgan fingerprint density at radius 2 is 1.86 bits per heavy atom. The minimum absolute atomic E-state index is 0.272. The van der Waals surface area contributed by atoms with Crippen molar-refractivity contribution in [1.29, 1.82) is 0 Å². The molecule has 0 radical (unpaired) electrons. The molecule has 4 rings (SSSR count). The van der Waals surface area contributed by atoms with Gasteiger partial charge in [0.15, 0.2) is 5.96 Å². The number of aliphatic imine (C=N–C) groups is 1. The van der Waals surface area contributed by atoms with Gasteiger partial charge in [0.25, 0.3) is 0 Å². The van der Waals surface area contributed by atoms with Gasteiger partial charge in [-0.3, -0.25) is 9.89 Å². The lowest BCUT2D eigenvalue weighted by atomic mass is 9.96. The predicted octanol–water partition coefficient (Wildman–Crippen LogP) is 3.26. The molecular weight excluding hydrogens is 380 g/mol. The number of rotatable bonds is 6. The first kappa shape index (κ1) is 21.0. The van der Waals surface area contributed by atoms with Crippen molar-refractivity contribution in [2.75, 3.05) is 33.1 Å². The number of guanidine groups is 1. The number of benzene rings is 1. The summed E-state index contributed by atoms with van der Waals surface area (Å²) in [5, 5.41) is 7.37. The van der Waals surface area contributed by atoms with Crippen LogP contribution < -0.4 is 10.6 Å². The molecule has 2 unspecified atom stereocenters. The normalized spacial score (nSPS) is 29.6. The molecular formula is C23H36N4OS. The molecule has 3 heterocycles. The van der Waals surface area contributed by atoms with Crippen LogP contribution in [-0.4, -0.2) is 66.8 Å². The molecule has 3 fully saturated rings. The van der Waals surface area contributed by atoms with Gasteiger partial charge in [0, 0.05) is 56.2 Å². The zero-order valence-electron chi connectivity index (χ0n) is 17.9. The van der Waals surface area contributed by atoms with E-state index in [2.05, 4.69) is 57.1 Å². The van der Waals surface area contributed by atoms with Gasteiger partial charge in [-0.2, -0.15) is 11.8 Å². The van der Waals surface area contributed by atoms with Gasteiger partial charge in [0.1, 0.15) is 0 Å². The summed E-state index contributed by atoms with van der Waals surface area (Å²) in [6, 6.07) is 12.8. The Bertz CT molecular complexity index is 663. The summed E-state index contributed by atoms with van der Waals surface area (Å²) in [6.45, 7) is 3.79. The Hall–Kier alpha value is -1.24. The van der Waals surface area contributed by atoms with Gasteiger partial charge < -0.3 is 15.4 Å². The van der Waals surface area contributed by atoms with E-state index >= 15 is 0 Å². The van der Waals surface area contributed by atoms with Gasteiger partial charge in [-0.15, -0.1) is 0 Å². The van der Waals surface area contributed by atoms with Crippen molar-refractivity contribution < 1.29 is 4.74 Å². The highest BCUT2D eigenvalue weighted by Gasteiger charge is 2.41. The Morgan fingerprint density at radius 3 is 2.48 bits per heavy atom. The highest BCUT2D eigenvalue weighted by molar-refractivity contribution is 8.00. The molecule has 2 atom stereocenters. The lowest BCUT2D eigenvalue weighted by molar-refractivity contribution is 0.0782. The molecule has 3 saturated heterocycles. The molecule has 1 aromatic carbocycles. The molecule has 29 heavy (non-hydrogen) atoms. The fraction of sp³-hybridized carbons (Fsp3) is 0.696. The largest absolute Gasteiger partial charge is 0.381 e. The molecule has 2 N–H and O–H groups in total. The molecule has 1 aromatic rings. The van der Waals surface area contributed by atoms with Crippen molar-refractivity contribution in [1.82, 2.24) is 15.5 Å². The van der Waals surface area contributed by atoms with E-state index in [0.29, 0.717) is 18.1 Å². The van der Waals surface area contributed by atoms with Gasteiger partial charge in [0.05, 0.1) is 0 Å². The van der Waals surface area contributed by atoms with E-state index in [1.54, 1.807) is 0 Å². The average Bonchev–Trinajstić information content (AvgIpc) is 3.00. The molecule has 0 aliphatic carbocycles. The number of ether oxygens (including phenoxy) is 1. The summed E-state index contributed by atoms with van der Waals surface area (Å²) in [7, 11) is 1.89. The van der Waals surface area contributed by atoms with Crippen LogP contribution in [0.5, 0.6) is 0 Å². The number of fused-ring (bicyclic) bond motifs is 2. The number of nitrogens with one attached hydrogen (secondary N) is 2. The predicted molar refractivity (Wildman–Crippen MR) is 123 cm³/mol. The van der Waals surface area contributed by atoms with Crippen molar-refractivity contribution in [3.05, 3.63) is 35.9 Å². The average molecular weight is 417 g/mol. The summed E-state index contributed by atoms with van der Waals surface area (Å²) >= 11 is 1.97. The van der Waals surface area contributed by atoms with Crippen LogP contribution in [0.15, 0.2) is 35.3 Å². The lowest BCUT2D eigenvalue weighted by Crippen LogP contribution is -2.54. The standard InChI is InChI=1S/C23H36N4OS/c1-24-22(25-17-23(29-2)10-12-28-13-11-23)26-19-14-20-8-9-21(15-19)27(20)16-18-6-4-3-5-7-18/h3-7,19-21H,8-17H2,1-2H3,(H2,24,25,26). The van der Waals surface area contributed by atoms with E-state index in [-0.39, 0.29) is 4.75 Å². The van der Waals surface area contributed by atoms with E-state index in [9.17, 15) is 0 Å². The maximum atomic E-state index is 5.57. The first-order chi connectivity index (χ1) is 14.2. The maximum Gasteiger partial charge on any atom is 0.191 e. The molecule has 5 nitrogen and oxygen atoms in total. The number of hydrogen-bond donors (Lipinski definition) is 2. The second-order valence-electron chi connectivity index (χ2n) is 8.78. The second kappa shape index (κ2) is 9.71. The molecule has 6 heteroatoms. The van der Waals surface area contributed by atoms with Crippen molar-refractivity contribution in [3.63, 3.8) is 0 Å². The van der Waals surface area contributed by atoms with Crippen molar-refractivity contribution in [3.8, 4) is 0 Å². The second-order valence-corrected chi connectivity index (χ2v) is 10.1. The molecule has 0 aromatic heterocycles. The first-order valence-electron chi connectivity index (χ1n) is 11.1. The summed E-state index contributed by atoms with van der Waals surface area (Å²) in [5.41, 5.74) is 1.44. The van der Waals surface area contributed by atoms with E-state index in [4.69, 9.17) is 4.74 Å². The van der Waals surface area contributed by atoms with Crippen LogP contribution >= 0.6 is 11.8 Å². The van der Waals surface area contributed by atoms with Gasteiger partial charge in [-0.25, -0.2) is 0 Å². The number of nitrogens with zero attached hydrogens (tertiary/aromatic N) is 2. The Morgan fingerprint density at radius 1 is 1.17 bits per heavy atom. The molecule has 0 saturated carbocycles. The van der Waals surface area contributed by atoms with Crippen LogP contribution in [0.1, 0.15) is 44.1 Å². The minimum Gasteiger partial charge on any atom is -0.381 e. The van der Waals surface area contributed by atoms with Crippen molar-refractivity contribution in [2.24, 2.45) is 4.99 Å². The third kappa shape index (κ3) is 5.09. The van der Waals surface area contributed by atoms with E-state index in [1.165, 1.54) is 31.2 Å². The monoisotopic (exact) mass is 416 g/mol. The number of hydrogen-bond acceptors (Lipinski definition) is 4. The zero-order chi connectivity index (χ0) is 20.1. The van der Waals surface area contributed by atoms with Crippen LogP contribution in [0.4, 0.5) is 0 Å². The van der Waals surface area contributed by atoms with Crippen LogP contribution in [0, 0.1) is 0 Å². The van der Waals surface area contributed by atoms with Crippen LogP contribution in [0.2, 0.25) is 0 Å². The van der Waals surface area contributed by atoms with Crippen LogP contribution in [0.25, 0.3) is 0 Å². The molecule has 2 bridgehead atoms. The topological polar surface area (TPSA) is 48.9 Å². The number of thioether (sulfide) groups is 1. The van der Waals surface area contributed by atoms with E-state index < -0.39 is 0 Å².